The third kappa shape index (κ3) is 7.66. The molecular formula is C18H31NO3. The van der Waals surface area contributed by atoms with Gasteiger partial charge in [0.15, 0.2) is 11.5 Å². The van der Waals surface area contributed by atoms with E-state index in [2.05, 4.69) is 12.2 Å². The van der Waals surface area contributed by atoms with Gasteiger partial charge < -0.3 is 14.9 Å². The summed E-state index contributed by atoms with van der Waals surface area (Å²) in [6, 6.07) is 5.30. The van der Waals surface area contributed by atoms with Crippen LogP contribution >= 0.6 is 0 Å². The van der Waals surface area contributed by atoms with E-state index in [4.69, 9.17) is 4.74 Å². The normalized spacial score (nSPS) is 12.3. The molecule has 1 atom stereocenters. The summed E-state index contributed by atoms with van der Waals surface area (Å²) in [6.07, 6.45) is 8.50. The third-order valence-electron chi connectivity index (χ3n) is 3.86. The molecule has 1 aromatic carbocycles. The van der Waals surface area contributed by atoms with Gasteiger partial charge in [-0.2, -0.15) is 0 Å². The number of hydrogen-bond acceptors (Lipinski definition) is 4. The molecule has 0 amide bonds. The van der Waals surface area contributed by atoms with Gasteiger partial charge in [0, 0.05) is 0 Å². The highest BCUT2D eigenvalue weighted by Crippen LogP contribution is 2.26. The second-order valence-corrected chi connectivity index (χ2v) is 5.78. The number of benzene rings is 1. The molecule has 4 nitrogen and oxygen atoms in total. The van der Waals surface area contributed by atoms with E-state index in [1.165, 1.54) is 39.2 Å². The van der Waals surface area contributed by atoms with Gasteiger partial charge in [-0.15, -0.1) is 0 Å². The zero-order valence-corrected chi connectivity index (χ0v) is 14.0. The maximum Gasteiger partial charge on any atom is 0.160 e. The van der Waals surface area contributed by atoms with Crippen LogP contribution < -0.4 is 10.1 Å². The minimum Gasteiger partial charge on any atom is -0.504 e. The molecule has 0 bridgehead atoms. The van der Waals surface area contributed by atoms with E-state index in [1.54, 1.807) is 6.07 Å². The summed E-state index contributed by atoms with van der Waals surface area (Å²) in [7, 11) is 1.54. The maximum absolute atomic E-state index is 9.94. The predicted octanol–water partition coefficient (Wildman–Crippen LogP) is 3.60. The van der Waals surface area contributed by atoms with Crippen molar-refractivity contribution in [2.24, 2.45) is 0 Å². The van der Waals surface area contributed by atoms with Crippen molar-refractivity contribution in [2.75, 3.05) is 13.7 Å². The average Bonchev–Trinajstić information content (AvgIpc) is 2.53. The summed E-state index contributed by atoms with van der Waals surface area (Å²) in [5, 5.41) is 22.6. The minimum atomic E-state index is -0.476. The molecule has 22 heavy (non-hydrogen) atoms. The number of phenolic OH excluding ortho intramolecular Hbond substituents is 1. The van der Waals surface area contributed by atoms with Crippen molar-refractivity contribution < 1.29 is 14.9 Å². The van der Waals surface area contributed by atoms with Crippen LogP contribution in [0, 0.1) is 0 Å². The van der Waals surface area contributed by atoms with Gasteiger partial charge in [-0.1, -0.05) is 45.1 Å². The number of aliphatic hydroxyl groups excluding tert-OH is 1. The fourth-order valence-electron chi connectivity index (χ4n) is 2.46. The first-order chi connectivity index (χ1) is 10.7. The van der Waals surface area contributed by atoms with Gasteiger partial charge in [-0.3, -0.25) is 5.32 Å². The summed E-state index contributed by atoms with van der Waals surface area (Å²) in [5.41, 5.74) is 1.05. The Bertz CT molecular complexity index is 409. The second-order valence-electron chi connectivity index (χ2n) is 5.78. The lowest BCUT2D eigenvalue weighted by Crippen LogP contribution is -2.30. The smallest absolute Gasteiger partial charge is 0.160 e. The van der Waals surface area contributed by atoms with Gasteiger partial charge in [0.25, 0.3) is 0 Å². The van der Waals surface area contributed by atoms with E-state index in [-0.39, 0.29) is 5.75 Å². The SMILES string of the molecule is CCCCCCCCNC(O)CCc1ccc(O)c(OC)c1. The Morgan fingerprint density at radius 2 is 1.86 bits per heavy atom. The number of aryl methyl sites for hydroxylation is 1. The highest BCUT2D eigenvalue weighted by atomic mass is 16.5. The van der Waals surface area contributed by atoms with Gasteiger partial charge in [-0.05, 0) is 43.5 Å². The highest BCUT2D eigenvalue weighted by Gasteiger charge is 2.06. The van der Waals surface area contributed by atoms with Crippen LogP contribution in [0.5, 0.6) is 11.5 Å². The molecule has 0 fully saturated rings. The molecule has 1 aromatic rings. The maximum atomic E-state index is 9.94. The van der Waals surface area contributed by atoms with E-state index in [0.29, 0.717) is 12.2 Å². The molecule has 0 radical (unpaired) electrons. The lowest BCUT2D eigenvalue weighted by atomic mass is 10.1. The van der Waals surface area contributed by atoms with Crippen LogP contribution in [0.2, 0.25) is 0 Å². The monoisotopic (exact) mass is 309 g/mol. The standard InChI is InChI=1S/C18H31NO3/c1-3-4-5-6-7-8-13-19-18(21)12-10-15-9-11-16(20)17(14-15)22-2/h9,11,14,18-21H,3-8,10,12-13H2,1-2H3. The number of nitrogens with one attached hydrogen (secondary N) is 1. The van der Waals surface area contributed by atoms with Crippen molar-refractivity contribution in [3.63, 3.8) is 0 Å². The van der Waals surface area contributed by atoms with E-state index in [9.17, 15) is 10.2 Å². The molecule has 0 saturated carbocycles. The fourth-order valence-corrected chi connectivity index (χ4v) is 2.46. The molecular weight excluding hydrogens is 278 g/mol. The van der Waals surface area contributed by atoms with Crippen molar-refractivity contribution in [2.45, 2.75) is 64.5 Å². The molecule has 126 valence electrons. The first-order valence-corrected chi connectivity index (χ1v) is 8.44. The predicted molar refractivity (Wildman–Crippen MR) is 90.4 cm³/mol. The molecule has 3 N–H and O–H groups in total. The lowest BCUT2D eigenvalue weighted by Gasteiger charge is -2.13. The first kappa shape index (κ1) is 18.8. The zero-order chi connectivity index (χ0) is 16.2. The Labute approximate surface area is 134 Å². The van der Waals surface area contributed by atoms with Gasteiger partial charge in [0.05, 0.1) is 7.11 Å². The van der Waals surface area contributed by atoms with Gasteiger partial charge in [-0.25, -0.2) is 0 Å². The fraction of sp³-hybridized carbons (Fsp3) is 0.667. The summed E-state index contributed by atoms with van der Waals surface area (Å²) in [4.78, 5) is 0. The van der Waals surface area contributed by atoms with Crippen LogP contribution in [0.1, 0.15) is 57.4 Å². The molecule has 4 heteroatoms. The first-order valence-electron chi connectivity index (χ1n) is 8.44. The number of aliphatic hydroxyl groups is 1. The number of hydrogen-bond donors (Lipinski definition) is 3. The van der Waals surface area contributed by atoms with Gasteiger partial charge in [0.1, 0.15) is 6.23 Å². The minimum absolute atomic E-state index is 0.146. The van der Waals surface area contributed by atoms with Crippen LogP contribution in [0.4, 0.5) is 0 Å². The van der Waals surface area contributed by atoms with E-state index in [1.807, 2.05) is 12.1 Å². The Hall–Kier alpha value is -1.26. The van der Waals surface area contributed by atoms with E-state index in [0.717, 1.165) is 24.9 Å². The number of phenols is 1. The lowest BCUT2D eigenvalue weighted by molar-refractivity contribution is 0.127. The highest BCUT2D eigenvalue weighted by molar-refractivity contribution is 5.41. The quantitative estimate of drug-likeness (QED) is 0.408. The summed E-state index contributed by atoms with van der Waals surface area (Å²) < 4.78 is 5.08. The largest absolute Gasteiger partial charge is 0.504 e. The topological polar surface area (TPSA) is 61.7 Å². The second kappa shape index (κ2) is 11.3. The summed E-state index contributed by atoms with van der Waals surface area (Å²) >= 11 is 0. The number of aromatic hydroxyl groups is 1. The summed E-state index contributed by atoms with van der Waals surface area (Å²) in [6.45, 7) is 3.09. The molecule has 0 heterocycles. The molecule has 1 unspecified atom stereocenters. The average molecular weight is 309 g/mol. The molecule has 0 aromatic heterocycles. The van der Waals surface area contributed by atoms with Gasteiger partial charge in [0.2, 0.25) is 0 Å². The van der Waals surface area contributed by atoms with Crippen molar-refractivity contribution in [3.05, 3.63) is 23.8 Å². The van der Waals surface area contributed by atoms with Crippen molar-refractivity contribution >= 4 is 0 Å². The van der Waals surface area contributed by atoms with Crippen LogP contribution in [0.25, 0.3) is 0 Å². The molecule has 1 rings (SSSR count). The Kier molecular flexibility index (Phi) is 9.67. The molecule has 0 aliphatic heterocycles. The number of methoxy groups -OCH3 is 1. The van der Waals surface area contributed by atoms with E-state index >= 15 is 0 Å². The van der Waals surface area contributed by atoms with Gasteiger partial charge >= 0.3 is 0 Å². The van der Waals surface area contributed by atoms with Crippen LogP contribution in [-0.4, -0.2) is 30.1 Å². The Morgan fingerprint density at radius 3 is 2.59 bits per heavy atom. The Morgan fingerprint density at radius 1 is 1.14 bits per heavy atom. The van der Waals surface area contributed by atoms with Crippen LogP contribution in [-0.2, 0) is 6.42 Å². The number of ether oxygens (including phenoxy) is 1. The van der Waals surface area contributed by atoms with Crippen LogP contribution in [0.15, 0.2) is 18.2 Å². The molecule has 0 spiro atoms. The van der Waals surface area contributed by atoms with Crippen molar-refractivity contribution in [1.29, 1.82) is 0 Å². The third-order valence-corrected chi connectivity index (χ3v) is 3.86. The summed E-state index contributed by atoms with van der Waals surface area (Å²) in [5.74, 6) is 0.625. The zero-order valence-electron chi connectivity index (χ0n) is 14.0. The molecule has 0 aliphatic carbocycles. The number of rotatable bonds is 12. The Balaban J connectivity index is 2.14. The van der Waals surface area contributed by atoms with Crippen molar-refractivity contribution in [3.8, 4) is 11.5 Å². The van der Waals surface area contributed by atoms with Crippen molar-refractivity contribution in [1.82, 2.24) is 5.32 Å². The molecule has 0 aliphatic rings. The number of unbranched alkanes of at least 4 members (excludes halogenated alkanes) is 5. The van der Waals surface area contributed by atoms with Crippen LogP contribution in [0.3, 0.4) is 0 Å². The molecule has 0 saturated heterocycles. The van der Waals surface area contributed by atoms with E-state index < -0.39 is 6.23 Å².